The second kappa shape index (κ2) is 4.45. The second-order valence-corrected chi connectivity index (χ2v) is 4.90. The van der Waals surface area contributed by atoms with Crippen molar-refractivity contribution in [2.24, 2.45) is 0 Å². The first kappa shape index (κ1) is 12.6. The Morgan fingerprint density at radius 2 is 1.50 bits per heavy atom. The molecule has 0 saturated carbocycles. The summed E-state index contributed by atoms with van der Waals surface area (Å²) in [6.45, 7) is 10.3. The summed E-state index contributed by atoms with van der Waals surface area (Å²) in [5.74, 6) is 0. The first-order valence-electron chi connectivity index (χ1n) is 6.19. The molecule has 2 rings (SSSR count). The van der Waals surface area contributed by atoms with Gasteiger partial charge in [0.25, 0.3) is 0 Å². The molecule has 1 aromatic heterocycles. The largest absolute Gasteiger partial charge is 0.317 e. The molecule has 0 unspecified atom stereocenters. The lowest BCUT2D eigenvalue weighted by molar-refractivity contribution is 0.112. The summed E-state index contributed by atoms with van der Waals surface area (Å²) in [6, 6.07) is 6.28. The van der Waals surface area contributed by atoms with Crippen LogP contribution in [0.1, 0.15) is 38.4 Å². The molecule has 2 aromatic rings. The molecule has 0 atom stereocenters. The highest BCUT2D eigenvalue weighted by Gasteiger charge is 2.17. The molecule has 0 radical (unpaired) electrons. The molecule has 0 aliphatic rings. The Balaban J connectivity index is 2.84. The molecular formula is C16H19NO. The van der Waals surface area contributed by atoms with Gasteiger partial charge in [0, 0.05) is 17.0 Å². The Morgan fingerprint density at radius 1 is 0.944 bits per heavy atom. The number of aryl methyl sites for hydroxylation is 2. The van der Waals surface area contributed by atoms with Crippen molar-refractivity contribution in [2.75, 3.05) is 0 Å². The van der Waals surface area contributed by atoms with E-state index in [-0.39, 0.29) is 0 Å². The number of carbonyl (C=O) groups excluding carboxylic acids is 1. The van der Waals surface area contributed by atoms with E-state index in [0.717, 1.165) is 28.8 Å². The molecule has 0 aliphatic heterocycles. The highest BCUT2D eigenvalue weighted by Crippen LogP contribution is 2.28. The third-order valence-electron chi connectivity index (χ3n) is 3.79. The minimum Gasteiger partial charge on any atom is -0.317 e. The van der Waals surface area contributed by atoms with Crippen LogP contribution >= 0.6 is 0 Å². The van der Waals surface area contributed by atoms with Gasteiger partial charge in [0.05, 0.1) is 5.69 Å². The van der Waals surface area contributed by atoms with E-state index >= 15 is 0 Å². The fourth-order valence-electron chi connectivity index (χ4n) is 2.67. The summed E-state index contributed by atoms with van der Waals surface area (Å²) < 4.78 is 2.20. The number of para-hydroxylation sites is 1. The zero-order valence-electron chi connectivity index (χ0n) is 11.7. The maximum Gasteiger partial charge on any atom is 0.152 e. The van der Waals surface area contributed by atoms with Gasteiger partial charge in [0.1, 0.15) is 0 Å². The van der Waals surface area contributed by atoms with Crippen LogP contribution in [0.4, 0.5) is 0 Å². The van der Waals surface area contributed by atoms with Crippen molar-refractivity contribution in [1.29, 1.82) is 0 Å². The average molecular weight is 241 g/mol. The predicted molar refractivity (Wildman–Crippen MR) is 74.8 cm³/mol. The van der Waals surface area contributed by atoms with E-state index in [0.29, 0.717) is 0 Å². The van der Waals surface area contributed by atoms with Gasteiger partial charge in [-0.1, -0.05) is 18.2 Å². The molecule has 0 N–H and O–H groups in total. The Bertz CT molecular complexity index is 600. The highest BCUT2D eigenvalue weighted by molar-refractivity contribution is 5.80. The van der Waals surface area contributed by atoms with E-state index in [2.05, 4.69) is 43.5 Å². The summed E-state index contributed by atoms with van der Waals surface area (Å²) in [4.78, 5) is 11.2. The molecule has 18 heavy (non-hydrogen) atoms. The molecular weight excluding hydrogens is 222 g/mol. The molecule has 2 heteroatoms. The molecule has 0 amide bonds. The van der Waals surface area contributed by atoms with Crippen molar-refractivity contribution in [1.82, 2.24) is 4.57 Å². The van der Waals surface area contributed by atoms with Gasteiger partial charge in [-0.2, -0.15) is 0 Å². The minimum atomic E-state index is 0.815. The lowest BCUT2D eigenvalue weighted by Gasteiger charge is -2.15. The minimum absolute atomic E-state index is 0.815. The third-order valence-corrected chi connectivity index (χ3v) is 3.79. The SMILES string of the molecule is Cc1cccc(C)c1-n1c(C)c(C)c(C=O)c1C. The first-order chi connectivity index (χ1) is 8.49. The van der Waals surface area contributed by atoms with Crippen LogP contribution in [-0.4, -0.2) is 10.9 Å². The van der Waals surface area contributed by atoms with Gasteiger partial charge in [-0.25, -0.2) is 0 Å². The molecule has 2 nitrogen and oxygen atoms in total. The zero-order chi connectivity index (χ0) is 13.4. The number of hydrogen-bond donors (Lipinski definition) is 0. The van der Waals surface area contributed by atoms with E-state index in [1.54, 1.807) is 0 Å². The van der Waals surface area contributed by atoms with Gasteiger partial charge in [-0.05, 0) is 51.3 Å². The highest BCUT2D eigenvalue weighted by atomic mass is 16.1. The van der Waals surface area contributed by atoms with Gasteiger partial charge in [0.2, 0.25) is 0 Å². The topological polar surface area (TPSA) is 22.0 Å². The summed E-state index contributed by atoms with van der Waals surface area (Å²) in [7, 11) is 0. The van der Waals surface area contributed by atoms with E-state index in [1.807, 2.05) is 13.8 Å². The molecule has 0 bridgehead atoms. The smallest absolute Gasteiger partial charge is 0.152 e. The number of aromatic nitrogens is 1. The number of nitrogens with zero attached hydrogens (tertiary/aromatic N) is 1. The lowest BCUT2D eigenvalue weighted by atomic mass is 10.1. The van der Waals surface area contributed by atoms with Crippen molar-refractivity contribution < 1.29 is 4.79 Å². The standard InChI is InChI=1S/C16H19NO/c1-10-7-6-8-11(2)16(10)17-13(4)12(3)15(9-18)14(17)5/h6-9H,1-5H3. The molecule has 0 aliphatic carbocycles. The van der Waals surface area contributed by atoms with Crippen molar-refractivity contribution in [3.8, 4) is 5.69 Å². The Hall–Kier alpha value is -1.83. The molecule has 1 heterocycles. The van der Waals surface area contributed by atoms with E-state index < -0.39 is 0 Å². The molecule has 94 valence electrons. The molecule has 0 saturated heterocycles. The van der Waals surface area contributed by atoms with Crippen molar-refractivity contribution in [2.45, 2.75) is 34.6 Å². The van der Waals surface area contributed by atoms with Crippen LogP contribution in [0.5, 0.6) is 0 Å². The summed E-state index contributed by atoms with van der Waals surface area (Å²) in [5, 5.41) is 0. The van der Waals surface area contributed by atoms with Gasteiger partial charge >= 0.3 is 0 Å². The van der Waals surface area contributed by atoms with Crippen LogP contribution in [0, 0.1) is 34.6 Å². The van der Waals surface area contributed by atoms with Crippen LogP contribution in [0.2, 0.25) is 0 Å². The summed E-state index contributed by atoms with van der Waals surface area (Å²) in [5.41, 5.74) is 7.72. The van der Waals surface area contributed by atoms with E-state index in [1.165, 1.54) is 16.8 Å². The van der Waals surface area contributed by atoms with E-state index in [9.17, 15) is 4.79 Å². The maximum absolute atomic E-state index is 11.2. The third kappa shape index (κ3) is 1.69. The fourth-order valence-corrected chi connectivity index (χ4v) is 2.67. The monoisotopic (exact) mass is 241 g/mol. The average Bonchev–Trinajstić information content (AvgIpc) is 2.53. The van der Waals surface area contributed by atoms with Crippen LogP contribution in [0.25, 0.3) is 5.69 Å². The number of rotatable bonds is 2. The normalized spacial score (nSPS) is 10.7. The first-order valence-corrected chi connectivity index (χ1v) is 6.19. The maximum atomic E-state index is 11.2. The van der Waals surface area contributed by atoms with Crippen LogP contribution in [0.3, 0.4) is 0 Å². The van der Waals surface area contributed by atoms with Gasteiger partial charge < -0.3 is 4.57 Å². The van der Waals surface area contributed by atoms with Crippen molar-refractivity contribution in [3.05, 3.63) is 51.8 Å². The van der Waals surface area contributed by atoms with Crippen molar-refractivity contribution >= 4 is 6.29 Å². The van der Waals surface area contributed by atoms with E-state index in [4.69, 9.17) is 0 Å². The zero-order valence-corrected chi connectivity index (χ0v) is 11.7. The van der Waals surface area contributed by atoms with Crippen LogP contribution in [-0.2, 0) is 0 Å². The Morgan fingerprint density at radius 3 is 1.94 bits per heavy atom. The summed E-state index contributed by atoms with van der Waals surface area (Å²) in [6.07, 6.45) is 0.960. The number of aldehydes is 1. The number of hydrogen-bond acceptors (Lipinski definition) is 1. The Labute approximate surface area is 108 Å². The molecule has 0 spiro atoms. The van der Waals surface area contributed by atoms with Crippen LogP contribution < -0.4 is 0 Å². The lowest BCUT2D eigenvalue weighted by Crippen LogP contribution is -2.04. The van der Waals surface area contributed by atoms with Gasteiger partial charge in [-0.3, -0.25) is 4.79 Å². The number of carbonyl (C=O) groups is 1. The Kier molecular flexibility index (Phi) is 3.12. The van der Waals surface area contributed by atoms with Crippen molar-refractivity contribution in [3.63, 3.8) is 0 Å². The number of benzene rings is 1. The van der Waals surface area contributed by atoms with Crippen LogP contribution in [0.15, 0.2) is 18.2 Å². The van der Waals surface area contributed by atoms with Gasteiger partial charge in [-0.15, -0.1) is 0 Å². The quantitative estimate of drug-likeness (QED) is 0.732. The second-order valence-electron chi connectivity index (χ2n) is 4.90. The summed E-state index contributed by atoms with van der Waals surface area (Å²) >= 11 is 0. The molecule has 0 fully saturated rings. The molecule has 1 aromatic carbocycles. The predicted octanol–water partition coefficient (Wildman–Crippen LogP) is 3.83. The fraction of sp³-hybridized carbons (Fsp3) is 0.312. The van der Waals surface area contributed by atoms with Gasteiger partial charge in [0.15, 0.2) is 6.29 Å².